The number of halogens is 1. The first-order valence-corrected chi connectivity index (χ1v) is 6.37. The van der Waals surface area contributed by atoms with Gasteiger partial charge in [0.25, 0.3) is 0 Å². The molecule has 0 fully saturated rings. The normalized spacial score (nSPS) is 11.6. The number of hydrogen-bond acceptors (Lipinski definition) is 3. The van der Waals surface area contributed by atoms with Gasteiger partial charge in [0.15, 0.2) is 0 Å². The first-order valence-electron chi connectivity index (χ1n) is 4.48. The van der Waals surface area contributed by atoms with Gasteiger partial charge in [0.1, 0.15) is 5.82 Å². The molecule has 2 aromatic rings. The quantitative estimate of drug-likeness (QED) is 0.797. The van der Waals surface area contributed by atoms with Crippen molar-refractivity contribution in [2.75, 3.05) is 6.26 Å². The van der Waals surface area contributed by atoms with Crippen molar-refractivity contribution in [2.24, 2.45) is 0 Å². The third-order valence-corrected chi connectivity index (χ3v) is 3.02. The smallest absolute Gasteiger partial charge is 0.232 e. The molecule has 1 heterocycles. The molecule has 0 saturated carbocycles. The standard InChI is InChI=1S/C10H9FN2O2S/c1-16(14,15)10-12-6-7-13(10)9-5-3-2-4-8(9)11/h2-7H,1H3. The minimum absolute atomic E-state index is 0.167. The van der Waals surface area contributed by atoms with Crippen molar-refractivity contribution in [2.45, 2.75) is 5.16 Å². The van der Waals surface area contributed by atoms with E-state index in [9.17, 15) is 12.8 Å². The first-order chi connectivity index (χ1) is 7.50. The maximum atomic E-state index is 13.5. The zero-order valence-corrected chi connectivity index (χ0v) is 9.28. The van der Waals surface area contributed by atoms with Crippen molar-refractivity contribution in [3.8, 4) is 5.69 Å². The van der Waals surface area contributed by atoms with E-state index in [1.54, 1.807) is 6.07 Å². The van der Waals surface area contributed by atoms with E-state index in [0.29, 0.717) is 0 Å². The molecule has 0 aliphatic carbocycles. The Hall–Kier alpha value is -1.69. The lowest BCUT2D eigenvalue weighted by Gasteiger charge is -2.06. The summed E-state index contributed by atoms with van der Waals surface area (Å²) in [6, 6.07) is 5.92. The predicted octanol–water partition coefficient (Wildman–Crippen LogP) is 1.41. The summed E-state index contributed by atoms with van der Waals surface area (Å²) in [6.45, 7) is 0. The summed E-state index contributed by atoms with van der Waals surface area (Å²) in [6.07, 6.45) is 3.77. The monoisotopic (exact) mass is 240 g/mol. The molecule has 1 aromatic carbocycles. The Bertz CT molecular complexity index is 619. The Balaban J connectivity index is 2.68. The number of sulfone groups is 1. The van der Waals surface area contributed by atoms with Crippen LogP contribution in [0.15, 0.2) is 41.8 Å². The average molecular weight is 240 g/mol. The van der Waals surface area contributed by atoms with Gasteiger partial charge < -0.3 is 0 Å². The maximum absolute atomic E-state index is 13.5. The van der Waals surface area contributed by atoms with Crippen molar-refractivity contribution >= 4 is 9.84 Å². The highest BCUT2D eigenvalue weighted by molar-refractivity contribution is 7.90. The number of imidazole rings is 1. The molecule has 4 nitrogen and oxygen atoms in total. The molecule has 1 aromatic heterocycles. The summed E-state index contributed by atoms with van der Waals surface area (Å²) >= 11 is 0. The zero-order valence-electron chi connectivity index (χ0n) is 8.46. The Morgan fingerprint density at radius 1 is 1.31 bits per heavy atom. The van der Waals surface area contributed by atoms with E-state index in [2.05, 4.69) is 4.98 Å². The number of benzene rings is 1. The predicted molar refractivity (Wildman–Crippen MR) is 56.6 cm³/mol. The molecule has 0 amide bonds. The van der Waals surface area contributed by atoms with Gasteiger partial charge in [-0.3, -0.25) is 4.57 Å². The third-order valence-electron chi connectivity index (χ3n) is 2.05. The second kappa shape index (κ2) is 3.71. The minimum atomic E-state index is -3.47. The van der Waals surface area contributed by atoms with Crippen LogP contribution in [0, 0.1) is 5.82 Å². The highest BCUT2D eigenvalue weighted by Gasteiger charge is 2.17. The van der Waals surface area contributed by atoms with Gasteiger partial charge in [-0.25, -0.2) is 17.8 Å². The second-order valence-electron chi connectivity index (χ2n) is 3.30. The summed E-state index contributed by atoms with van der Waals surface area (Å²) in [5, 5.41) is -0.169. The molecular formula is C10H9FN2O2S. The van der Waals surface area contributed by atoms with Crippen molar-refractivity contribution in [3.05, 3.63) is 42.5 Å². The number of hydrogen-bond donors (Lipinski definition) is 0. The van der Waals surface area contributed by atoms with Crippen LogP contribution >= 0.6 is 0 Å². The number of nitrogens with zero attached hydrogens (tertiary/aromatic N) is 2. The van der Waals surface area contributed by atoms with Crippen LogP contribution in [0.4, 0.5) is 4.39 Å². The Labute approximate surface area is 92.3 Å². The fourth-order valence-corrected chi connectivity index (χ4v) is 2.16. The molecule has 6 heteroatoms. The van der Waals surface area contributed by atoms with E-state index in [-0.39, 0.29) is 10.8 Å². The molecule has 0 saturated heterocycles. The van der Waals surface area contributed by atoms with Crippen LogP contribution < -0.4 is 0 Å². The molecule has 2 rings (SSSR count). The lowest BCUT2D eigenvalue weighted by Crippen LogP contribution is -2.08. The van der Waals surface area contributed by atoms with Gasteiger partial charge in [0.05, 0.1) is 5.69 Å². The van der Waals surface area contributed by atoms with Crippen molar-refractivity contribution < 1.29 is 12.8 Å². The lowest BCUT2D eigenvalue weighted by atomic mass is 10.3. The van der Waals surface area contributed by atoms with Gasteiger partial charge in [-0.1, -0.05) is 12.1 Å². The summed E-state index contributed by atoms with van der Waals surface area (Å²) in [5.74, 6) is -0.495. The molecule has 0 aliphatic rings. The van der Waals surface area contributed by atoms with E-state index >= 15 is 0 Å². The lowest BCUT2D eigenvalue weighted by molar-refractivity contribution is 0.584. The van der Waals surface area contributed by atoms with Gasteiger partial charge in [-0.2, -0.15) is 0 Å². The number of aromatic nitrogens is 2. The fraction of sp³-hybridized carbons (Fsp3) is 0.100. The molecule has 84 valence electrons. The maximum Gasteiger partial charge on any atom is 0.232 e. The molecule has 0 bridgehead atoms. The molecule has 0 radical (unpaired) electrons. The topological polar surface area (TPSA) is 52.0 Å². The second-order valence-corrected chi connectivity index (χ2v) is 5.21. The molecule has 0 unspecified atom stereocenters. The van der Waals surface area contributed by atoms with Gasteiger partial charge in [0, 0.05) is 18.6 Å². The van der Waals surface area contributed by atoms with Gasteiger partial charge in [-0.05, 0) is 12.1 Å². The molecule has 0 spiro atoms. The summed E-state index contributed by atoms with van der Waals surface area (Å²) in [4.78, 5) is 3.71. The average Bonchev–Trinajstić information content (AvgIpc) is 2.66. The fourth-order valence-electron chi connectivity index (χ4n) is 1.39. The van der Waals surface area contributed by atoms with Crippen molar-refractivity contribution in [1.82, 2.24) is 9.55 Å². The molecule has 0 aliphatic heterocycles. The SMILES string of the molecule is CS(=O)(=O)c1nccn1-c1ccccc1F. The Morgan fingerprint density at radius 3 is 2.62 bits per heavy atom. The first kappa shape index (κ1) is 10.8. The van der Waals surface area contributed by atoms with Gasteiger partial charge >= 0.3 is 0 Å². The highest BCUT2D eigenvalue weighted by atomic mass is 32.2. The number of rotatable bonds is 2. The van der Waals surface area contributed by atoms with E-state index < -0.39 is 15.7 Å². The van der Waals surface area contributed by atoms with Crippen molar-refractivity contribution in [1.29, 1.82) is 0 Å². The highest BCUT2D eigenvalue weighted by Crippen LogP contribution is 2.17. The minimum Gasteiger partial charge on any atom is -0.288 e. The van der Waals surface area contributed by atoms with Gasteiger partial charge in [-0.15, -0.1) is 0 Å². The van der Waals surface area contributed by atoms with Crippen LogP contribution in [-0.4, -0.2) is 24.2 Å². The molecule has 16 heavy (non-hydrogen) atoms. The van der Waals surface area contributed by atoms with Crippen LogP contribution in [0.1, 0.15) is 0 Å². The van der Waals surface area contributed by atoms with Crippen LogP contribution in [0.2, 0.25) is 0 Å². The molecule has 0 atom stereocenters. The van der Waals surface area contributed by atoms with Crippen LogP contribution in [-0.2, 0) is 9.84 Å². The summed E-state index contributed by atoms with van der Waals surface area (Å²) in [7, 11) is -3.47. The third kappa shape index (κ3) is 1.83. The summed E-state index contributed by atoms with van der Waals surface area (Å²) < 4.78 is 37.5. The van der Waals surface area contributed by atoms with Gasteiger partial charge in [0.2, 0.25) is 15.0 Å². The van der Waals surface area contributed by atoms with E-state index in [4.69, 9.17) is 0 Å². The zero-order chi connectivity index (χ0) is 11.8. The van der Waals surface area contributed by atoms with E-state index in [1.165, 1.54) is 35.2 Å². The molecule has 0 N–H and O–H groups in total. The Kier molecular flexibility index (Phi) is 2.51. The number of para-hydroxylation sites is 1. The van der Waals surface area contributed by atoms with Crippen LogP contribution in [0.5, 0.6) is 0 Å². The molecular weight excluding hydrogens is 231 g/mol. The van der Waals surface area contributed by atoms with Crippen LogP contribution in [0.3, 0.4) is 0 Å². The van der Waals surface area contributed by atoms with E-state index in [0.717, 1.165) is 6.26 Å². The van der Waals surface area contributed by atoms with Crippen molar-refractivity contribution in [3.63, 3.8) is 0 Å². The summed E-state index contributed by atoms with van der Waals surface area (Å²) in [5.41, 5.74) is 0.167. The van der Waals surface area contributed by atoms with Crippen LogP contribution in [0.25, 0.3) is 5.69 Å². The largest absolute Gasteiger partial charge is 0.288 e. The Morgan fingerprint density at radius 2 is 2.00 bits per heavy atom. The van der Waals surface area contributed by atoms with E-state index in [1.807, 2.05) is 0 Å².